The molecule has 4 heteroatoms. The van der Waals surface area contributed by atoms with Crippen molar-refractivity contribution in [2.45, 2.75) is 49.1 Å². The maximum atomic E-state index is 6.44. The van der Waals surface area contributed by atoms with Gasteiger partial charge in [-0.05, 0) is 44.4 Å². The van der Waals surface area contributed by atoms with Crippen LogP contribution in [0.2, 0.25) is 0 Å². The molecule has 1 unspecified atom stereocenters. The van der Waals surface area contributed by atoms with Gasteiger partial charge in [-0.3, -0.25) is 0 Å². The number of alkyl halides is 2. The largest absolute Gasteiger partial charge is 0.353 e. The third-order valence-corrected chi connectivity index (χ3v) is 6.83. The summed E-state index contributed by atoms with van der Waals surface area (Å²) >= 11 is 12.9. The standard InChI is InChI=1S/C13H18Cl2O2/c14-13(15)11(4-5-11)12(13)7-9(12)8-17-10-3-1-2-6-16-10/h9-10H,1-8H2/t9-,10?,12+/m0/s1. The fourth-order valence-corrected chi connectivity index (χ4v) is 5.60. The van der Waals surface area contributed by atoms with Gasteiger partial charge in [0.2, 0.25) is 0 Å². The predicted octanol–water partition coefficient (Wildman–Crippen LogP) is 3.50. The van der Waals surface area contributed by atoms with Crippen LogP contribution in [0.3, 0.4) is 0 Å². The Labute approximate surface area is 112 Å². The molecule has 17 heavy (non-hydrogen) atoms. The zero-order chi connectivity index (χ0) is 11.7. The van der Waals surface area contributed by atoms with E-state index in [4.69, 9.17) is 32.7 Å². The van der Waals surface area contributed by atoms with Gasteiger partial charge < -0.3 is 9.47 Å². The van der Waals surface area contributed by atoms with Crippen molar-refractivity contribution >= 4 is 23.2 Å². The van der Waals surface area contributed by atoms with Gasteiger partial charge in [0.05, 0.1) is 6.61 Å². The molecule has 2 nitrogen and oxygen atoms in total. The van der Waals surface area contributed by atoms with Crippen LogP contribution >= 0.6 is 23.2 Å². The maximum absolute atomic E-state index is 6.44. The van der Waals surface area contributed by atoms with Crippen molar-refractivity contribution in [1.29, 1.82) is 0 Å². The van der Waals surface area contributed by atoms with Gasteiger partial charge in [-0.2, -0.15) is 0 Å². The van der Waals surface area contributed by atoms with Crippen LogP contribution in [0.25, 0.3) is 0 Å². The summed E-state index contributed by atoms with van der Waals surface area (Å²) in [7, 11) is 0. The average Bonchev–Trinajstić information content (AvgIpc) is 3.21. The van der Waals surface area contributed by atoms with E-state index in [0.717, 1.165) is 26.1 Å². The molecular formula is C13H18Cl2O2. The van der Waals surface area contributed by atoms with Crippen LogP contribution < -0.4 is 0 Å². The molecule has 4 fully saturated rings. The maximum Gasteiger partial charge on any atom is 0.157 e. The Morgan fingerprint density at radius 1 is 1.24 bits per heavy atom. The van der Waals surface area contributed by atoms with Crippen molar-refractivity contribution in [3.63, 3.8) is 0 Å². The summed E-state index contributed by atoms with van der Waals surface area (Å²) < 4.78 is 11.0. The normalized spacial score (nSPS) is 48.4. The molecule has 0 amide bonds. The second-order valence-corrected chi connectivity index (χ2v) is 7.49. The molecule has 96 valence electrons. The minimum absolute atomic E-state index is 0.0235. The number of rotatable bonds is 3. The Morgan fingerprint density at radius 2 is 2.06 bits per heavy atom. The Hall–Kier alpha value is 0.500. The van der Waals surface area contributed by atoms with Crippen LogP contribution in [0, 0.1) is 16.7 Å². The van der Waals surface area contributed by atoms with Gasteiger partial charge in [-0.25, -0.2) is 0 Å². The Kier molecular flexibility index (Phi) is 2.22. The molecule has 3 atom stereocenters. The first-order chi connectivity index (χ1) is 8.14. The second kappa shape index (κ2) is 3.33. The highest BCUT2D eigenvalue weighted by molar-refractivity contribution is 6.53. The average molecular weight is 277 g/mol. The fourth-order valence-electron chi connectivity index (χ4n) is 4.15. The summed E-state index contributed by atoms with van der Waals surface area (Å²) in [5.74, 6) is 0.575. The lowest BCUT2D eigenvalue weighted by atomic mass is 10.2. The summed E-state index contributed by atoms with van der Waals surface area (Å²) in [6.07, 6.45) is 7.05. The molecule has 0 bridgehead atoms. The van der Waals surface area contributed by atoms with E-state index in [-0.39, 0.29) is 17.1 Å². The van der Waals surface area contributed by atoms with Crippen LogP contribution in [0.15, 0.2) is 0 Å². The zero-order valence-corrected chi connectivity index (χ0v) is 11.4. The second-order valence-electron chi connectivity index (χ2n) is 6.16. The predicted molar refractivity (Wildman–Crippen MR) is 66.2 cm³/mol. The lowest BCUT2D eigenvalue weighted by molar-refractivity contribution is -0.165. The highest BCUT2D eigenvalue weighted by atomic mass is 35.5. The van der Waals surface area contributed by atoms with Gasteiger partial charge in [0.25, 0.3) is 0 Å². The minimum Gasteiger partial charge on any atom is -0.353 e. The van der Waals surface area contributed by atoms with Crippen molar-refractivity contribution in [3.05, 3.63) is 0 Å². The molecule has 1 aliphatic heterocycles. The van der Waals surface area contributed by atoms with Crippen LogP contribution in [0.5, 0.6) is 0 Å². The fraction of sp³-hybridized carbons (Fsp3) is 1.00. The molecule has 3 aliphatic carbocycles. The zero-order valence-electron chi connectivity index (χ0n) is 9.88. The first-order valence-electron chi connectivity index (χ1n) is 6.75. The van der Waals surface area contributed by atoms with E-state index in [1.54, 1.807) is 0 Å². The van der Waals surface area contributed by atoms with Crippen molar-refractivity contribution in [2.75, 3.05) is 13.2 Å². The van der Waals surface area contributed by atoms with Gasteiger partial charge in [0.15, 0.2) is 6.29 Å². The number of fused-ring (bicyclic) bond motifs is 1. The smallest absolute Gasteiger partial charge is 0.157 e. The molecule has 1 saturated heterocycles. The summed E-state index contributed by atoms with van der Waals surface area (Å²) in [5, 5.41) is 0. The van der Waals surface area contributed by atoms with Crippen molar-refractivity contribution in [3.8, 4) is 0 Å². The van der Waals surface area contributed by atoms with Crippen LogP contribution in [0.4, 0.5) is 0 Å². The van der Waals surface area contributed by atoms with Gasteiger partial charge in [-0.15, -0.1) is 23.2 Å². The topological polar surface area (TPSA) is 18.5 Å². The summed E-state index contributed by atoms with van der Waals surface area (Å²) in [6, 6.07) is 0. The monoisotopic (exact) mass is 276 g/mol. The molecule has 0 aromatic heterocycles. The van der Waals surface area contributed by atoms with Crippen LogP contribution in [0.1, 0.15) is 38.5 Å². The molecule has 3 saturated carbocycles. The summed E-state index contributed by atoms with van der Waals surface area (Å²) in [6.45, 7) is 1.63. The third kappa shape index (κ3) is 1.26. The quantitative estimate of drug-likeness (QED) is 0.735. The number of halogens is 2. The number of hydrogen-bond acceptors (Lipinski definition) is 2. The van der Waals surface area contributed by atoms with Gasteiger partial charge in [-0.1, -0.05) is 0 Å². The molecule has 0 radical (unpaired) electrons. The van der Waals surface area contributed by atoms with E-state index in [0.29, 0.717) is 5.92 Å². The molecule has 0 aromatic rings. The third-order valence-electron chi connectivity index (χ3n) is 5.43. The molecule has 0 N–H and O–H groups in total. The Balaban J connectivity index is 1.32. The highest BCUT2D eigenvalue weighted by Crippen LogP contribution is 2.99. The SMILES string of the molecule is ClC1(Cl)C2(CC2)[C@]12C[C@H]2COC1CCCCO1. The lowest BCUT2D eigenvalue weighted by Crippen LogP contribution is -2.23. The molecule has 0 aromatic carbocycles. The molecule has 4 rings (SSSR count). The first-order valence-corrected chi connectivity index (χ1v) is 7.51. The van der Waals surface area contributed by atoms with E-state index in [2.05, 4.69) is 0 Å². The van der Waals surface area contributed by atoms with E-state index in [1.165, 1.54) is 25.7 Å². The van der Waals surface area contributed by atoms with Crippen molar-refractivity contribution in [2.24, 2.45) is 16.7 Å². The summed E-state index contributed by atoms with van der Waals surface area (Å²) in [5.41, 5.74) is 0.502. The van der Waals surface area contributed by atoms with Crippen molar-refractivity contribution in [1.82, 2.24) is 0 Å². The van der Waals surface area contributed by atoms with Gasteiger partial charge >= 0.3 is 0 Å². The van der Waals surface area contributed by atoms with Crippen LogP contribution in [-0.4, -0.2) is 23.8 Å². The van der Waals surface area contributed by atoms with E-state index >= 15 is 0 Å². The van der Waals surface area contributed by atoms with E-state index in [1.807, 2.05) is 0 Å². The highest BCUT2D eigenvalue weighted by Gasteiger charge is 2.98. The number of ether oxygens (including phenoxy) is 2. The molecule has 1 heterocycles. The Bertz CT molecular complexity index is 341. The lowest BCUT2D eigenvalue weighted by Gasteiger charge is -2.22. The Morgan fingerprint density at radius 3 is 2.65 bits per heavy atom. The van der Waals surface area contributed by atoms with Gasteiger partial charge in [0, 0.05) is 17.4 Å². The number of hydrogen-bond donors (Lipinski definition) is 0. The minimum atomic E-state index is -0.443. The molecular weight excluding hydrogens is 259 g/mol. The van der Waals surface area contributed by atoms with Crippen LogP contribution in [-0.2, 0) is 9.47 Å². The first kappa shape index (κ1) is 11.3. The van der Waals surface area contributed by atoms with E-state index < -0.39 is 4.33 Å². The van der Waals surface area contributed by atoms with E-state index in [9.17, 15) is 0 Å². The van der Waals surface area contributed by atoms with Gasteiger partial charge in [0.1, 0.15) is 4.33 Å². The van der Waals surface area contributed by atoms with Crippen molar-refractivity contribution < 1.29 is 9.47 Å². The summed E-state index contributed by atoms with van der Waals surface area (Å²) in [4.78, 5) is 0. The molecule has 2 spiro atoms. The molecule has 4 aliphatic rings.